The first kappa shape index (κ1) is 17.7. The summed E-state index contributed by atoms with van der Waals surface area (Å²) in [5, 5.41) is 0. The van der Waals surface area contributed by atoms with Gasteiger partial charge in [0.1, 0.15) is 17.4 Å². The molecule has 4 nitrogen and oxygen atoms in total. The number of oxazole rings is 1. The molecule has 0 bridgehead atoms. The standard InChI is InChI=1S/C22H23FN2O2/c1-22(2,3)21(26)25-12-6-9-18(25)20-24-17-13-14(10-11-19(17)27-20)15-7-4-5-8-16(15)23/h4-5,7-8,10-11,13,18H,6,9,12H2,1-3H3. The van der Waals surface area contributed by atoms with Crippen molar-refractivity contribution in [3.05, 3.63) is 54.2 Å². The molecule has 2 aromatic carbocycles. The lowest BCUT2D eigenvalue weighted by atomic mass is 9.94. The van der Waals surface area contributed by atoms with Gasteiger partial charge in [-0.05, 0) is 36.6 Å². The summed E-state index contributed by atoms with van der Waals surface area (Å²) in [5.41, 5.74) is 2.19. The van der Waals surface area contributed by atoms with E-state index in [1.165, 1.54) is 6.07 Å². The molecule has 4 rings (SSSR count). The van der Waals surface area contributed by atoms with Gasteiger partial charge in [0.15, 0.2) is 5.58 Å². The summed E-state index contributed by atoms with van der Waals surface area (Å²) in [4.78, 5) is 19.3. The van der Waals surface area contributed by atoms with Gasteiger partial charge in [-0.2, -0.15) is 0 Å². The fraction of sp³-hybridized carbons (Fsp3) is 0.364. The predicted molar refractivity (Wildman–Crippen MR) is 103 cm³/mol. The van der Waals surface area contributed by atoms with Gasteiger partial charge in [-0.3, -0.25) is 4.79 Å². The summed E-state index contributed by atoms with van der Waals surface area (Å²) >= 11 is 0. The Morgan fingerprint density at radius 3 is 2.74 bits per heavy atom. The van der Waals surface area contributed by atoms with Crippen molar-refractivity contribution in [2.45, 2.75) is 39.7 Å². The SMILES string of the molecule is CC(C)(C)C(=O)N1CCCC1c1nc2cc(-c3ccccc3F)ccc2o1. The van der Waals surface area contributed by atoms with Gasteiger partial charge in [0.2, 0.25) is 11.8 Å². The fourth-order valence-electron chi connectivity index (χ4n) is 3.65. The zero-order chi connectivity index (χ0) is 19.2. The maximum Gasteiger partial charge on any atom is 0.228 e. The molecule has 27 heavy (non-hydrogen) atoms. The summed E-state index contributed by atoms with van der Waals surface area (Å²) in [6.45, 7) is 6.51. The monoisotopic (exact) mass is 366 g/mol. The molecule has 0 spiro atoms. The topological polar surface area (TPSA) is 46.3 Å². The molecule has 1 unspecified atom stereocenters. The molecule has 2 heterocycles. The van der Waals surface area contributed by atoms with E-state index in [9.17, 15) is 9.18 Å². The Hall–Kier alpha value is -2.69. The minimum atomic E-state index is -0.438. The number of benzene rings is 2. The van der Waals surface area contributed by atoms with Crippen LogP contribution in [0.25, 0.3) is 22.2 Å². The van der Waals surface area contributed by atoms with Crippen LogP contribution in [0.1, 0.15) is 45.5 Å². The van der Waals surface area contributed by atoms with E-state index in [0.717, 1.165) is 24.9 Å². The van der Waals surface area contributed by atoms with Gasteiger partial charge in [0.25, 0.3) is 0 Å². The van der Waals surface area contributed by atoms with Crippen LogP contribution in [-0.4, -0.2) is 22.3 Å². The van der Waals surface area contributed by atoms with Crippen LogP contribution in [0.5, 0.6) is 0 Å². The van der Waals surface area contributed by atoms with Crippen molar-refractivity contribution in [2.24, 2.45) is 5.41 Å². The number of carbonyl (C=O) groups is 1. The molecule has 3 aromatic rings. The number of fused-ring (bicyclic) bond motifs is 1. The van der Waals surface area contributed by atoms with Crippen molar-refractivity contribution in [2.75, 3.05) is 6.54 Å². The molecule has 1 saturated heterocycles. The predicted octanol–water partition coefficient (Wildman–Crippen LogP) is 5.34. The Morgan fingerprint density at radius 1 is 1.22 bits per heavy atom. The highest BCUT2D eigenvalue weighted by molar-refractivity contribution is 5.83. The van der Waals surface area contributed by atoms with Crippen LogP contribution >= 0.6 is 0 Å². The maximum atomic E-state index is 14.1. The lowest BCUT2D eigenvalue weighted by Crippen LogP contribution is -2.39. The van der Waals surface area contributed by atoms with E-state index in [1.807, 2.05) is 49.9 Å². The first-order chi connectivity index (χ1) is 12.8. The molecule has 1 aliphatic heterocycles. The molecule has 0 N–H and O–H groups in total. The smallest absolute Gasteiger partial charge is 0.228 e. The van der Waals surface area contributed by atoms with Gasteiger partial charge in [-0.1, -0.05) is 45.0 Å². The van der Waals surface area contributed by atoms with E-state index < -0.39 is 5.41 Å². The van der Waals surface area contributed by atoms with Crippen LogP contribution < -0.4 is 0 Å². The number of halogens is 1. The summed E-state index contributed by atoms with van der Waals surface area (Å²) in [5.74, 6) is 0.406. The highest BCUT2D eigenvalue weighted by Crippen LogP contribution is 2.36. The Labute approximate surface area is 158 Å². The van der Waals surface area contributed by atoms with Gasteiger partial charge < -0.3 is 9.32 Å². The zero-order valence-corrected chi connectivity index (χ0v) is 15.8. The molecule has 0 saturated carbocycles. The van der Waals surface area contributed by atoms with Gasteiger partial charge >= 0.3 is 0 Å². The fourth-order valence-corrected chi connectivity index (χ4v) is 3.65. The Bertz CT molecular complexity index is 1000. The number of nitrogens with zero attached hydrogens (tertiary/aromatic N) is 2. The molecule has 0 radical (unpaired) electrons. The number of likely N-dealkylation sites (tertiary alicyclic amines) is 1. The minimum Gasteiger partial charge on any atom is -0.438 e. The third-order valence-corrected chi connectivity index (χ3v) is 5.03. The maximum absolute atomic E-state index is 14.1. The number of hydrogen-bond donors (Lipinski definition) is 0. The third-order valence-electron chi connectivity index (χ3n) is 5.03. The second-order valence-corrected chi connectivity index (χ2v) is 8.12. The molecule has 0 aliphatic carbocycles. The molecule has 1 aromatic heterocycles. The van der Waals surface area contributed by atoms with E-state index >= 15 is 0 Å². The zero-order valence-electron chi connectivity index (χ0n) is 15.8. The number of carbonyl (C=O) groups excluding carboxylic acids is 1. The van der Waals surface area contributed by atoms with Crippen LogP contribution in [0.3, 0.4) is 0 Å². The van der Waals surface area contributed by atoms with Crippen molar-refractivity contribution in [3.8, 4) is 11.1 Å². The second kappa shape index (κ2) is 6.48. The average Bonchev–Trinajstić information content (AvgIpc) is 3.26. The van der Waals surface area contributed by atoms with Gasteiger partial charge in [0.05, 0.1) is 0 Å². The highest BCUT2D eigenvalue weighted by Gasteiger charge is 2.38. The lowest BCUT2D eigenvalue weighted by Gasteiger charge is -2.29. The van der Waals surface area contributed by atoms with Crippen molar-refractivity contribution in [1.29, 1.82) is 0 Å². The second-order valence-electron chi connectivity index (χ2n) is 8.12. The number of aromatic nitrogens is 1. The molecule has 1 aliphatic rings. The molecule has 1 atom stereocenters. The quantitative estimate of drug-likeness (QED) is 0.615. The lowest BCUT2D eigenvalue weighted by molar-refractivity contribution is -0.140. The number of rotatable bonds is 2. The minimum absolute atomic E-state index is 0.110. The summed E-state index contributed by atoms with van der Waals surface area (Å²) in [7, 11) is 0. The van der Waals surface area contributed by atoms with Gasteiger partial charge in [-0.25, -0.2) is 9.37 Å². The summed E-state index contributed by atoms with van der Waals surface area (Å²) in [6, 6.07) is 12.0. The van der Waals surface area contributed by atoms with Gasteiger partial charge in [0, 0.05) is 17.5 Å². The van der Waals surface area contributed by atoms with E-state index in [1.54, 1.807) is 12.1 Å². The average molecular weight is 366 g/mol. The van der Waals surface area contributed by atoms with E-state index in [0.29, 0.717) is 22.6 Å². The number of amides is 1. The van der Waals surface area contributed by atoms with Crippen LogP contribution in [0.4, 0.5) is 4.39 Å². The summed E-state index contributed by atoms with van der Waals surface area (Å²) < 4.78 is 20.1. The van der Waals surface area contributed by atoms with Gasteiger partial charge in [-0.15, -0.1) is 0 Å². The van der Waals surface area contributed by atoms with Crippen LogP contribution in [0.2, 0.25) is 0 Å². The van der Waals surface area contributed by atoms with Crippen molar-refractivity contribution in [3.63, 3.8) is 0 Å². The number of hydrogen-bond acceptors (Lipinski definition) is 3. The third kappa shape index (κ3) is 3.22. The molecule has 1 fully saturated rings. The van der Waals surface area contributed by atoms with Crippen molar-refractivity contribution < 1.29 is 13.6 Å². The van der Waals surface area contributed by atoms with E-state index in [2.05, 4.69) is 4.98 Å². The first-order valence-corrected chi connectivity index (χ1v) is 9.31. The Morgan fingerprint density at radius 2 is 2.00 bits per heavy atom. The molecule has 5 heteroatoms. The first-order valence-electron chi connectivity index (χ1n) is 9.31. The Kier molecular flexibility index (Phi) is 4.25. The van der Waals surface area contributed by atoms with Crippen LogP contribution in [0.15, 0.2) is 46.9 Å². The normalized spacial score (nSPS) is 17.6. The molecule has 140 valence electrons. The van der Waals surface area contributed by atoms with E-state index in [-0.39, 0.29) is 17.8 Å². The Balaban J connectivity index is 1.70. The van der Waals surface area contributed by atoms with Crippen LogP contribution in [0, 0.1) is 11.2 Å². The molecular formula is C22H23FN2O2. The van der Waals surface area contributed by atoms with Crippen molar-refractivity contribution >= 4 is 17.0 Å². The largest absolute Gasteiger partial charge is 0.438 e. The molecular weight excluding hydrogens is 343 g/mol. The van der Waals surface area contributed by atoms with Crippen molar-refractivity contribution in [1.82, 2.24) is 9.88 Å². The van der Waals surface area contributed by atoms with Crippen LogP contribution in [-0.2, 0) is 4.79 Å². The molecule has 1 amide bonds. The van der Waals surface area contributed by atoms with E-state index in [4.69, 9.17) is 4.42 Å². The highest BCUT2D eigenvalue weighted by atomic mass is 19.1. The summed E-state index contributed by atoms with van der Waals surface area (Å²) in [6.07, 6.45) is 1.78.